The van der Waals surface area contributed by atoms with Crippen molar-refractivity contribution < 1.29 is 0 Å². The smallest absolute Gasteiger partial charge is 0.0312 e. The Labute approximate surface area is 109 Å². The standard InChI is InChI=1S/C14H22N4/c1-17-7-12-9-18(10-13(8-17)14(12)15)6-11-3-2-4-16-5-11/h2-5,12-14H,6-10,15H2,1H3. The summed E-state index contributed by atoms with van der Waals surface area (Å²) in [5.41, 5.74) is 7.64. The highest BCUT2D eigenvalue weighted by Crippen LogP contribution is 2.27. The van der Waals surface area contributed by atoms with Crippen LogP contribution in [0.5, 0.6) is 0 Å². The van der Waals surface area contributed by atoms with Gasteiger partial charge >= 0.3 is 0 Å². The van der Waals surface area contributed by atoms with E-state index in [1.807, 2.05) is 18.5 Å². The van der Waals surface area contributed by atoms with Gasteiger partial charge in [-0.25, -0.2) is 0 Å². The predicted octanol–water partition coefficient (Wildman–Crippen LogP) is 0.402. The summed E-state index contributed by atoms with van der Waals surface area (Å²) in [6.07, 6.45) is 3.80. The zero-order valence-corrected chi connectivity index (χ0v) is 11.0. The first kappa shape index (κ1) is 12.1. The van der Waals surface area contributed by atoms with E-state index in [2.05, 4.69) is 27.9 Å². The van der Waals surface area contributed by atoms with E-state index < -0.39 is 0 Å². The van der Waals surface area contributed by atoms with Crippen molar-refractivity contribution in [3.8, 4) is 0 Å². The fourth-order valence-corrected chi connectivity index (χ4v) is 3.48. The van der Waals surface area contributed by atoms with Crippen molar-refractivity contribution in [2.75, 3.05) is 33.2 Å². The molecule has 4 nitrogen and oxygen atoms in total. The lowest BCUT2D eigenvalue weighted by molar-refractivity contribution is 0.0202. The zero-order chi connectivity index (χ0) is 12.5. The van der Waals surface area contributed by atoms with Gasteiger partial charge in [-0.1, -0.05) is 6.07 Å². The zero-order valence-electron chi connectivity index (χ0n) is 11.0. The van der Waals surface area contributed by atoms with E-state index in [9.17, 15) is 0 Å². The van der Waals surface area contributed by atoms with Gasteiger partial charge in [0.15, 0.2) is 0 Å². The Morgan fingerprint density at radius 3 is 2.61 bits per heavy atom. The summed E-state index contributed by atoms with van der Waals surface area (Å²) in [4.78, 5) is 9.16. The van der Waals surface area contributed by atoms with Crippen molar-refractivity contribution in [1.29, 1.82) is 0 Å². The minimum Gasteiger partial charge on any atom is -0.327 e. The number of hydrogen-bond acceptors (Lipinski definition) is 4. The van der Waals surface area contributed by atoms with Crippen LogP contribution in [0.2, 0.25) is 0 Å². The lowest BCUT2D eigenvalue weighted by atomic mass is 9.80. The molecule has 0 spiro atoms. The Hall–Kier alpha value is -0.970. The van der Waals surface area contributed by atoms with Crippen molar-refractivity contribution in [3.05, 3.63) is 30.1 Å². The third-order valence-electron chi connectivity index (χ3n) is 4.30. The van der Waals surface area contributed by atoms with Crippen molar-refractivity contribution in [2.45, 2.75) is 12.6 Å². The molecule has 2 bridgehead atoms. The molecule has 2 unspecified atom stereocenters. The summed E-state index contributed by atoms with van der Waals surface area (Å²) in [5.74, 6) is 1.25. The quantitative estimate of drug-likeness (QED) is 0.820. The average molecular weight is 246 g/mol. The van der Waals surface area contributed by atoms with Crippen LogP contribution in [0, 0.1) is 11.8 Å². The molecule has 4 heteroatoms. The molecule has 1 aromatic heterocycles. The normalized spacial score (nSPS) is 33.6. The molecule has 2 aliphatic heterocycles. The maximum Gasteiger partial charge on any atom is 0.0312 e. The van der Waals surface area contributed by atoms with Gasteiger partial charge in [-0.15, -0.1) is 0 Å². The summed E-state index contributed by atoms with van der Waals surface area (Å²) in [6.45, 7) is 5.54. The largest absolute Gasteiger partial charge is 0.327 e. The maximum absolute atomic E-state index is 6.34. The Bertz CT molecular complexity index is 378. The highest BCUT2D eigenvalue weighted by molar-refractivity contribution is 5.09. The van der Waals surface area contributed by atoms with E-state index >= 15 is 0 Å². The first-order valence-electron chi connectivity index (χ1n) is 6.78. The van der Waals surface area contributed by atoms with Gasteiger partial charge in [0, 0.05) is 51.2 Å². The second-order valence-corrected chi connectivity index (χ2v) is 5.87. The third-order valence-corrected chi connectivity index (χ3v) is 4.30. The number of hydrogen-bond donors (Lipinski definition) is 1. The molecule has 2 aliphatic rings. The Morgan fingerprint density at radius 1 is 1.28 bits per heavy atom. The van der Waals surface area contributed by atoms with Gasteiger partial charge < -0.3 is 10.6 Å². The van der Waals surface area contributed by atoms with Gasteiger partial charge in [-0.05, 0) is 30.5 Å². The molecule has 2 atom stereocenters. The minimum absolute atomic E-state index is 0.395. The molecule has 0 aromatic carbocycles. The van der Waals surface area contributed by atoms with Crippen LogP contribution in [-0.2, 0) is 6.54 Å². The van der Waals surface area contributed by atoms with E-state index in [1.54, 1.807) is 0 Å². The molecule has 0 saturated carbocycles. The maximum atomic E-state index is 6.34. The van der Waals surface area contributed by atoms with Crippen molar-refractivity contribution >= 4 is 0 Å². The van der Waals surface area contributed by atoms with Crippen LogP contribution in [0.3, 0.4) is 0 Å². The third kappa shape index (κ3) is 2.41. The van der Waals surface area contributed by atoms with Crippen LogP contribution in [-0.4, -0.2) is 54.1 Å². The Balaban J connectivity index is 1.67. The van der Waals surface area contributed by atoms with E-state index in [-0.39, 0.29) is 0 Å². The van der Waals surface area contributed by atoms with Gasteiger partial charge in [0.2, 0.25) is 0 Å². The fraction of sp³-hybridized carbons (Fsp3) is 0.643. The molecule has 98 valence electrons. The number of piperidine rings is 2. The Morgan fingerprint density at radius 2 is 2.00 bits per heavy atom. The summed E-state index contributed by atoms with van der Waals surface area (Å²) >= 11 is 0. The Kier molecular flexibility index (Phi) is 3.33. The van der Waals surface area contributed by atoms with E-state index in [0.717, 1.165) is 32.7 Å². The second-order valence-electron chi connectivity index (χ2n) is 5.87. The van der Waals surface area contributed by atoms with Gasteiger partial charge in [-0.2, -0.15) is 0 Å². The topological polar surface area (TPSA) is 45.4 Å². The first-order valence-corrected chi connectivity index (χ1v) is 6.78. The number of fused-ring (bicyclic) bond motifs is 2. The molecule has 0 aliphatic carbocycles. The predicted molar refractivity (Wildman–Crippen MR) is 72.0 cm³/mol. The fourth-order valence-electron chi connectivity index (χ4n) is 3.48. The molecule has 0 radical (unpaired) electrons. The molecule has 3 heterocycles. The second kappa shape index (κ2) is 4.96. The van der Waals surface area contributed by atoms with Crippen LogP contribution in [0.15, 0.2) is 24.5 Å². The molecule has 1 aromatic rings. The van der Waals surface area contributed by atoms with Crippen molar-refractivity contribution in [3.63, 3.8) is 0 Å². The lowest BCUT2D eigenvalue weighted by Crippen LogP contribution is -2.62. The summed E-state index contributed by atoms with van der Waals surface area (Å²) in [5, 5.41) is 0. The number of rotatable bonds is 2. The minimum atomic E-state index is 0.395. The van der Waals surface area contributed by atoms with Gasteiger partial charge in [0.05, 0.1) is 0 Å². The number of likely N-dealkylation sites (tertiary alicyclic amines) is 2. The van der Waals surface area contributed by atoms with Crippen LogP contribution in [0.1, 0.15) is 5.56 Å². The average Bonchev–Trinajstić information content (AvgIpc) is 2.33. The van der Waals surface area contributed by atoms with Crippen LogP contribution < -0.4 is 5.73 Å². The number of pyridine rings is 1. The van der Waals surface area contributed by atoms with Gasteiger partial charge in [0.1, 0.15) is 0 Å². The molecular formula is C14H22N4. The number of nitrogens with zero attached hydrogens (tertiary/aromatic N) is 3. The molecule has 3 rings (SSSR count). The van der Waals surface area contributed by atoms with E-state index in [1.165, 1.54) is 5.56 Å². The molecule has 2 fully saturated rings. The van der Waals surface area contributed by atoms with Crippen molar-refractivity contribution in [2.24, 2.45) is 17.6 Å². The monoisotopic (exact) mass is 246 g/mol. The summed E-state index contributed by atoms with van der Waals surface area (Å²) in [6, 6.07) is 4.56. The van der Waals surface area contributed by atoms with Crippen LogP contribution in [0.25, 0.3) is 0 Å². The van der Waals surface area contributed by atoms with Gasteiger partial charge in [-0.3, -0.25) is 9.88 Å². The molecule has 0 amide bonds. The SMILES string of the molecule is CN1CC2CN(Cc3cccnc3)CC(C1)C2N. The highest BCUT2D eigenvalue weighted by Gasteiger charge is 2.39. The summed E-state index contributed by atoms with van der Waals surface area (Å²) < 4.78 is 0. The number of aromatic nitrogens is 1. The lowest BCUT2D eigenvalue weighted by Gasteiger charge is -2.48. The van der Waals surface area contributed by atoms with E-state index in [4.69, 9.17) is 5.73 Å². The molecular weight excluding hydrogens is 224 g/mol. The molecule has 18 heavy (non-hydrogen) atoms. The highest BCUT2D eigenvalue weighted by atomic mass is 15.2. The first-order chi connectivity index (χ1) is 8.72. The molecule has 2 N–H and O–H groups in total. The van der Waals surface area contributed by atoms with Crippen molar-refractivity contribution in [1.82, 2.24) is 14.8 Å². The van der Waals surface area contributed by atoms with Crippen LogP contribution >= 0.6 is 0 Å². The molecule has 2 saturated heterocycles. The van der Waals surface area contributed by atoms with Crippen LogP contribution in [0.4, 0.5) is 0 Å². The number of nitrogens with two attached hydrogens (primary N) is 1. The van der Waals surface area contributed by atoms with E-state index in [0.29, 0.717) is 17.9 Å². The van der Waals surface area contributed by atoms with Gasteiger partial charge in [0.25, 0.3) is 0 Å². The summed E-state index contributed by atoms with van der Waals surface area (Å²) in [7, 11) is 2.21.